The van der Waals surface area contributed by atoms with Gasteiger partial charge in [-0.2, -0.15) is 0 Å². The summed E-state index contributed by atoms with van der Waals surface area (Å²) in [5, 5.41) is 5.11. The van der Waals surface area contributed by atoms with Gasteiger partial charge in [0.2, 0.25) is 0 Å². The van der Waals surface area contributed by atoms with E-state index in [1.54, 1.807) is 6.20 Å². The number of carbonyl (C=O) groups excluding carboxylic acids is 1. The van der Waals surface area contributed by atoms with Crippen molar-refractivity contribution in [2.45, 2.75) is 31.9 Å². The van der Waals surface area contributed by atoms with Gasteiger partial charge in [-0.3, -0.25) is 14.7 Å². The zero-order valence-corrected chi connectivity index (χ0v) is 15.8. The fourth-order valence-electron chi connectivity index (χ4n) is 3.72. The molecule has 1 spiro atoms. The Morgan fingerprint density at radius 3 is 3.00 bits per heavy atom. The van der Waals surface area contributed by atoms with Crippen LogP contribution >= 0.6 is 11.3 Å². The Morgan fingerprint density at radius 2 is 2.35 bits per heavy atom. The normalized spacial score (nSPS) is 22.1. The first-order valence-electron chi connectivity index (χ1n) is 9.07. The van der Waals surface area contributed by atoms with Crippen molar-refractivity contribution >= 4 is 17.2 Å². The van der Waals surface area contributed by atoms with Crippen LogP contribution in [0.15, 0.2) is 30.0 Å². The highest BCUT2D eigenvalue weighted by Gasteiger charge is 2.46. The van der Waals surface area contributed by atoms with Crippen LogP contribution in [0.5, 0.6) is 0 Å². The van der Waals surface area contributed by atoms with Crippen LogP contribution < -0.4 is 5.32 Å². The average Bonchev–Trinajstić information content (AvgIpc) is 3.05. The first-order valence-corrected chi connectivity index (χ1v) is 9.95. The number of rotatable bonds is 5. The van der Waals surface area contributed by atoms with Crippen molar-refractivity contribution in [3.05, 3.63) is 46.2 Å². The van der Waals surface area contributed by atoms with Crippen LogP contribution in [0.25, 0.3) is 0 Å². The van der Waals surface area contributed by atoms with Gasteiger partial charge in [-0.05, 0) is 42.7 Å². The van der Waals surface area contributed by atoms with E-state index < -0.39 is 0 Å². The van der Waals surface area contributed by atoms with Crippen LogP contribution in [0.2, 0.25) is 0 Å². The third-order valence-electron chi connectivity index (χ3n) is 5.34. The highest BCUT2D eigenvalue weighted by atomic mass is 32.1. The molecule has 1 atom stereocenters. The Kier molecular flexibility index (Phi) is 5.02. The van der Waals surface area contributed by atoms with Gasteiger partial charge in [-0.1, -0.05) is 0 Å². The maximum atomic E-state index is 12.0. The average molecular weight is 372 g/mol. The van der Waals surface area contributed by atoms with E-state index in [4.69, 9.17) is 4.74 Å². The van der Waals surface area contributed by atoms with Gasteiger partial charge in [-0.15, -0.1) is 11.3 Å². The molecule has 0 bridgehead atoms. The Balaban J connectivity index is 1.19. The van der Waals surface area contributed by atoms with Gasteiger partial charge < -0.3 is 10.1 Å². The lowest BCUT2D eigenvalue weighted by Gasteiger charge is -2.53. The molecule has 2 aliphatic heterocycles. The number of aryl methyl sites for hydroxylation is 1. The Bertz CT molecular complexity index is 748. The molecule has 0 aromatic carbocycles. The molecule has 4 rings (SSSR count). The Hall–Kier alpha value is -1.83. The summed E-state index contributed by atoms with van der Waals surface area (Å²) in [7, 11) is 0. The zero-order chi connectivity index (χ0) is 18.0. The highest BCUT2D eigenvalue weighted by Crippen LogP contribution is 2.37. The largest absolute Gasteiger partial charge is 0.372 e. The summed E-state index contributed by atoms with van der Waals surface area (Å²) in [5.74, 6) is 0.203. The number of aromatic nitrogens is 2. The molecule has 2 aromatic heterocycles. The van der Waals surface area contributed by atoms with E-state index >= 15 is 0 Å². The van der Waals surface area contributed by atoms with Crippen LogP contribution in [0.3, 0.4) is 0 Å². The molecule has 0 saturated carbocycles. The van der Waals surface area contributed by atoms with Crippen molar-refractivity contribution in [1.29, 1.82) is 0 Å². The molecular weight excluding hydrogens is 348 g/mol. The maximum Gasteiger partial charge on any atom is 0.271 e. The van der Waals surface area contributed by atoms with E-state index in [0.29, 0.717) is 24.8 Å². The lowest BCUT2D eigenvalue weighted by atomic mass is 9.83. The maximum absolute atomic E-state index is 12.0. The summed E-state index contributed by atoms with van der Waals surface area (Å²) in [4.78, 5) is 23.9. The third-order valence-corrected chi connectivity index (χ3v) is 6.35. The quantitative estimate of drug-likeness (QED) is 0.872. The van der Waals surface area contributed by atoms with Crippen molar-refractivity contribution < 1.29 is 9.53 Å². The van der Waals surface area contributed by atoms with Gasteiger partial charge >= 0.3 is 0 Å². The number of hydrogen-bond donors (Lipinski definition) is 1. The molecule has 2 aliphatic rings. The predicted molar refractivity (Wildman–Crippen MR) is 100 cm³/mol. The van der Waals surface area contributed by atoms with Gasteiger partial charge in [0, 0.05) is 43.4 Å². The topological polar surface area (TPSA) is 67.4 Å². The SMILES string of the molecule is Cc1ccsc1CN1CC2(CCC(CNC(=O)c3cnccn3)CO2)C1. The lowest BCUT2D eigenvalue weighted by Crippen LogP contribution is -2.64. The molecule has 1 amide bonds. The molecule has 0 radical (unpaired) electrons. The van der Waals surface area contributed by atoms with Gasteiger partial charge in [0.15, 0.2) is 0 Å². The van der Waals surface area contributed by atoms with Gasteiger partial charge in [0.05, 0.1) is 18.4 Å². The van der Waals surface area contributed by atoms with Gasteiger partial charge in [0.25, 0.3) is 5.91 Å². The monoisotopic (exact) mass is 372 g/mol. The van der Waals surface area contributed by atoms with Crippen LogP contribution in [-0.4, -0.2) is 52.6 Å². The van der Waals surface area contributed by atoms with Gasteiger partial charge in [0.1, 0.15) is 5.69 Å². The van der Waals surface area contributed by atoms with Crippen LogP contribution in [0, 0.1) is 12.8 Å². The number of amides is 1. The first-order chi connectivity index (χ1) is 12.6. The van der Waals surface area contributed by atoms with Crippen LogP contribution in [0.4, 0.5) is 0 Å². The number of ether oxygens (including phenoxy) is 1. The van der Waals surface area contributed by atoms with Crippen molar-refractivity contribution in [1.82, 2.24) is 20.2 Å². The number of carbonyl (C=O) groups is 1. The zero-order valence-electron chi connectivity index (χ0n) is 15.0. The molecule has 1 N–H and O–H groups in total. The summed E-state index contributed by atoms with van der Waals surface area (Å²) in [5.41, 5.74) is 1.79. The van der Waals surface area contributed by atoms with E-state index in [9.17, 15) is 4.79 Å². The molecule has 2 saturated heterocycles. The van der Waals surface area contributed by atoms with Crippen molar-refractivity contribution in [3.63, 3.8) is 0 Å². The number of nitrogens with one attached hydrogen (secondary N) is 1. The number of nitrogens with zero attached hydrogens (tertiary/aromatic N) is 3. The molecule has 138 valence electrons. The highest BCUT2D eigenvalue weighted by molar-refractivity contribution is 7.10. The van der Waals surface area contributed by atoms with Gasteiger partial charge in [-0.25, -0.2) is 4.98 Å². The first kappa shape index (κ1) is 17.6. The second kappa shape index (κ2) is 7.42. The Labute approximate surface area is 157 Å². The smallest absolute Gasteiger partial charge is 0.271 e. The molecular formula is C19H24N4O2S. The summed E-state index contributed by atoms with van der Waals surface area (Å²) >= 11 is 1.84. The third kappa shape index (κ3) is 3.79. The van der Waals surface area contributed by atoms with Crippen LogP contribution in [0.1, 0.15) is 33.8 Å². The molecule has 26 heavy (non-hydrogen) atoms. The molecule has 0 aliphatic carbocycles. The molecule has 4 heterocycles. The summed E-state index contributed by atoms with van der Waals surface area (Å²) in [6.45, 7) is 6.59. The summed E-state index contributed by atoms with van der Waals surface area (Å²) in [6, 6.07) is 2.19. The fourth-order valence-corrected chi connectivity index (χ4v) is 4.67. The standard InChI is InChI=1S/C19H24N4O2S/c1-14-3-7-26-17(14)10-23-12-19(13-23)4-2-15(11-25-19)8-22-18(24)16-9-20-5-6-21-16/h3,5-7,9,15H,2,4,8,10-13H2,1H3,(H,22,24). The molecule has 1 unspecified atom stereocenters. The number of likely N-dealkylation sites (tertiary alicyclic amines) is 1. The minimum atomic E-state index is -0.167. The van der Waals surface area contributed by atoms with Crippen LogP contribution in [-0.2, 0) is 11.3 Å². The van der Waals surface area contributed by atoms with Crippen molar-refractivity contribution in [2.75, 3.05) is 26.2 Å². The fraction of sp³-hybridized carbons (Fsp3) is 0.526. The molecule has 2 aromatic rings. The number of hydrogen-bond acceptors (Lipinski definition) is 6. The number of thiophene rings is 1. The van der Waals surface area contributed by atoms with E-state index in [0.717, 1.165) is 32.5 Å². The Morgan fingerprint density at radius 1 is 1.46 bits per heavy atom. The minimum Gasteiger partial charge on any atom is -0.372 e. The van der Waals surface area contributed by atoms with E-state index in [1.165, 1.54) is 22.8 Å². The van der Waals surface area contributed by atoms with Crippen molar-refractivity contribution in [2.24, 2.45) is 5.92 Å². The van der Waals surface area contributed by atoms with E-state index in [1.807, 2.05) is 11.3 Å². The molecule has 6 nitrogen and oxygen atoms in total. The van der Waals surface area contributed by atoms with E-state index in [-0.39, 0.29) is 11.5 Å². The lowest BCUT2D eigenvalue weighted by molar-refractivity contribution is -0.181. The summed E-state index contributed by atoms with van der Waals surface area (Å²) in [6.07, 6.45) is 6.74. The second-order valence-corrected chi connectivity index (χ2v) is 8.37. The van der Waals surface area contributed by atoms with E-state index in [2.05, 4.69) is 38.6 Å². The second-order valence-electron chi connectivity index (χ2n) is 7.37. The minimum absolute atomic E-state index is 0.0383. The molecule has 2 fully saturated rings. The predicted octanol–water partition coefficient (Wildman–Crippen LogP) is 2.26. The molecule has 7 heteroatoms. The van der Waals surface area contributed by atoms with Crippen molar-refractivity contribution in [3.8, 4) is 0 Å². The summed E-state index contributed by atoms with van der Waals surface area (Å²) < 4.78 is 6.21.